The van der Waals surface area contributed by atoms with Crippen LogP contribution in [0, 0.1) is 5.92 Å². The zero-order chi connectivity index (χ0) is 13.3. The molecule has 0 aliphatic carbocycles. The van der Waals surface area contributed by atoms with Crippen LogP contribution in [0.15, 0.2) is 17.5 Å². The maximum atomic E-state index is 12.7. The van der Waals surface area contributed by atoms with Crippen molar-refractivity contribution < 1.29 is 4.79 Å². The third kappa shape index (κ3) is 3.12. The lowest BCUT2D eigenvalue weighted by Crippen LogP contribution is -2.45. The third-order valence-electron chi connectivity index (χ3n) is 3.93. The van der Waals surface area contributed by atoms with Gasteiger partial charge in [0, 0.05) is 17.5 Å². The summed E-state index contributed by atoms with van der Waals surface area (Å²) in [6.07, 6.45) is 1.03. The zero-order valence-corrected chi connectivity index (χ0v) is 13.4. The van der Waals surface area contributed by atoms with Gasteiger partial charge >= 0.3 is 0 Å². The van der Waals surface area contributed by atoms with E-state index in [4.69, 9.17) is 5.73 Å². The molecule has 0 saturated carbocycles. The molecule has 1 amide bonds. The molecule has 3 nitrogen and oxygen atoms in total. The van der Waals surface area contributed by atoms with Crippen molar-refractivity contribution in [3.8, 4) is 0 Å². The van der Waals surface area contributed by atoms with Crippen molar-refractivity contribution in [2.75, 3.05) is 13.1 Å². The fourth-order valence-corrected chi connectivity index (χ4v) is 3.54. The monoisotopic (exact) mass is 302 g/mol. The van der Waals surface area contributed by atoms with Crippen molar-refractivity contribution in [1.82, 2.24) is 4.90 Å². The number of nitrogens with two attached hydrogens (primary N) is 1. The van der Waals surface area contributed by atoms with Gasteiger partial charge in [-0.05, 0) is 51.1 Å². The second kappa shape index (κ2) is 6.25. The van der Waals surface area contributed by atoms with Gasteiger partial charge in [0.25, 0.3) is 0 Å². The number of thiophene rings is 1. The number of hydrogen-bond acceptors (Lipinski definition) is 3. The van der Waals surface area contributed by atoms with Crippen molar-refractivity contribution in [1.29, 1.82) is 0 Å². The van der Waals surface area contributed by atoms with Crippen LogP contribution < -0.4 is 5.73 Å². The molecule has 108 valence electrons. The molecule has 19 heavy (non-hydrogen) atoms. The van der Waals surface area contributed by atoms with Crippen molar-refractivity contribution >= 4 is 29.7 Å². The minimum atomic E-state index is -0.425. The fraction of sp³-hybridized carbons (Fsp3) is 0.643. The van der Waals surface area contributed by atoms with Gasteiger partial charge in [-0.3, -0.25) is 4.79 Å². The van der Waals surface area contributed by atoms with E-state index in [0.29, 0.717) is 18.5 Å². The lowest BCUT2D eigenvalue weighted by molar-refractivity contribution is -0.136. The molecular formula is C14H23ClN2OS. The average molecular weight is 303 g/mol. The van der Waals surface area contributed by atoms with Crippen molar-refractivity contribution in [2.24, 2.45) is 11.7 Å². The van der Waals surface area contributed by atoms with Crippen LogP contribution in [0.1, 0.15) is 32.1 Å². The lowest BCUT2D eigenvalue weighted by Gasteiger charge is -2.31. The minimum Gasteiger partial charge on any atom is -0.339 e. The summed E-state index contributed by atoms with van der Waals surface area (Å²) in [5, 5.41) is 2.03. The van der Waals surface area contributed by atoms with Gasteiger partial charge < -0.3 is 10.6 Å². The van der Waals surface area contributed by atoms with Crippen LogP contribution in [-0.2, 0) is 10.2 Å². The highest BCUT2D eigenvalue weighted by molar-refractivity contribution is 7.10. The Morgan fingerprint density at radius 2 is 2.26 bits per heavy atom. The Balaban J connectivity index is 0.00000180. The van der Waals surface area contributed by atoms with Crippen LogP contribution in [0.4, 0.5) is 0 Å². The molecule has 2 N–H and O–H groups in total. The molecular weight excluding hydrogens is 280 g/mol. The van der Waals surface area contributed by atoms with E-state index in [2.05, 4.69) is 6.92 Å². The van der Waals surface area contributed by atoms with Gasteiger partial charge in [-0.1, -0.05) is 6.07 Å². The highest BCUT2D eigenvalue weighted by atomic mass is 35.5. The Hall–Kier alpha value is -0.580. The number of rotatable bonds is 3. The molecule has 2 unspecified atom stereocenters. The van der Waals surface area contributed by atoms with Crippen LogP contribution in [0.2, 0.25) is 0 Å². The number of amides is 1. The summed E-state index contributed by atoms with van der Waals surface area (Å²) >= 11 is 1.65. The van der Waals surface area contributed by atoms with E-state index in [1.165, 1.54) is 0 Å². The van der Waals surface area contributed by atoms with Crippen molar-refractivity contribution in [3.05, 3.63) is 22.4 Å². The number of carbonyl (C=O) groups is 1. The van der Waals surface area contributed by atoms with Gasteiger partial charge in [0.1, 0.15) is 0 Å². The van der Waals surface area contributed by atoms with Crippen LogP contribution >= 0.6 is 23.7 Å². The Morgan fingerprint density at radius 1 is 1.58 bits per heavy atom. The first-order valence-electron chi connectivity index (χ1n) is 6.52. The quantitative estimate of drug-likeness (QED) is 0.933. The molecule has 1 aromatic rings. The Kier molecular flexibility index (Phi) is 5.42. The summed E-state index contributed by atoms with van der Waals surface area (Å²) < 4.78 is 0. The first kappa shape index (κ1) is 16.5. The average Bonchev–Trinajstić information content (AvgIpc) is 2.96. The molecule has 2 atom stereocenters. The van der Waals surface area contributed by atoms with E-state index in [1.54, 1.807) is 11.3 Å². The summed E-state index contributed by atoms with van der Waals surface area (Å²) in [5.74, 6) is 0.691. The van der Waals surface area contributed by atoms with Gasteiger partial charge in [0.15, 0.2) is 0 Å². The molecule has 1 aromatic heterocycles. The van der Waals surface area contributed by atoms with E-state index >= 15 is 0 Å². The van der Waals surface area contributed by atoms with E-state index < -0.39 is 5.41 Å². The highest BCUT2D eigenvalue weighted by Crippen LogP contribution is 2.33. The first-order chi connectivity index (χ1) is 8.46. The first-order valence-corrected chi connectivity index (χ1v) is 7.40. The molecule has 1 aliphatic rings. The fourth-order valence-electron chi connectivity index (χ4n) is 2.69. The van der Waals surface area contributed by atoms with E-state index in [0.717, 1.165) is 17.8 Å². The molecule has 1 aliphatic heterocycles. The second-order valence-corrected chi connectivity index (χ2v) is 6.69. The number of halogens is 1. The SMILES string of the molecule is CC1CC(CN)CN1C(=O)C(C)(C)c1cccs1.Cl. The van der Waals surface area contributed by atoms with E-state index in [-0.39, 0.29) is 18.3 Å². The van der Waals surface area contributed by atoms with Gasteiger partial charge in [-0.15, -0.1) is 23.7 Å². The summed E-state index contributed by atoms with van der Waals surface area (Å²) in [7, 11) is 0. The highest BCUT2D eigenvalue weighted by Gasteiger charge is 2.40. The standard InChI is InChI=1S/C14H22N2OS.ClH/c1-10-7-11(8-15)9-16(10)13(17)14(2,3)12-5-4-6-18-12;/h4-6,10-11H,7-9,15H2,1-3H3;1H. The van der Waals surface area contributed by atoms with Crippen LogP contribution in [0.25, 0.3) is 0 Å². The number of carbonyl (C=O) groups excluding carboxylic acids is 1. The predicted molar refractivity (Wildman–Crippen MR) is 82.9 cm³/mol. The Morgan fingerprint density at radius 3 is 2.74 bits per heavy atom. The van der Waals surface area contributed by atoms with Gasteiger partial charge in [0.2, 0.25) is 5.91 Å². The molecule has 0 radical (unpaired) electrons. The van der Waals surface area contributed by atoms with Crippen LogP contribution in [0.5, 0.6) is 0 Å². The maximum absolute atomic E-state index is 12.7. The van der Waals surface area contributed by atoms with Crippen molar-refractivity contribution in [3.63, 3.8) is 0 Å². The Bertz CT molecular complexity index is 419. The Labute approximate surface area is 125 Å². The van der Waals surface area contributed by atoms with E-state index in [9.17, 15) is 4.79 Å². The normalized spacial score (nSPS) is 23.3. The third-order valence-corrected chi connectivity index (χ3v) is 5.12. The topological polar surface area (TPSA) is 46.3 Å². The zero-order valence-electron chi connectivity index (χ0n) is 11.8. The molecule has 2 rings (SSSR count). The summed E-state index contributed by atoms with van der Waals surface area (Å²) in [4.78, 5) is 15.9. The molecule has 1 fully saturated rings. The molecule has 2 heterocycles. The molecule has 1 saturated heterocycles. The molecule has 0 bridgehead atoms. The van der Waals surface area contributed by atoms with Gasteiger partial charge in [0.05, 0.1) is 5.41 Å². The molecule has 5 heteroatoms. The minimum absolute atomic E-state index is 0. The number of hydrogen-bond donors (Lipinski definition) is 1. The van der Waals surface area contributed by atoms with Crippen LogP contribution in [-0.4, -0.2) is 29.9 Å². The predicted octanol–water partition coefficient (Wildman–Crippen LogP) is 2.64. The number of nitrogens with zero attached hydrogens (tertiary/aromatic N) is 1. The van der Waals surface area contributed by atoms with Gasteiger partial charge in [-0.25, -0.2) is 0 Å². The van der Waals surface area contributed by atoms with E-state index in [1.807, 2.05) is 36.3 Å². The largest absolute Gasteiger partial charge is 0.339 e. The summed E-state index contributed by atoms with van der Waals surface area (Å²) in [6, 6.07) is 4.36. The van der Waals surface area contributed by atoms with Gasteiger partial charge in [-0.2, -0.15) is 0 Å². The molecule has 0 aromatic carbocycles. The lowest BCUT2D eigenvalue weighted by atomic mass is 9.89. The summed E-state index contributed by atoms with van der Waals surface area (Å²) in [6.45, 7) is 7.64. The second-order valence-electron chi connectivity index (χ2n) is 5.75. The maximum Gasteiger partial charge on any atom is 0.233 e. The smallest absolute Gasteiger partial charge is 0.233 e. The van der Waals surface area contributed by atoms with Crippen molar-refractivity contribution in [2.45, 2.75) is 38.6 Å². The molecule has 0 spiro atoms. The summed E-state index contributed by atoms with van der Waals surface area (Å²) in [5.41, 5.74) is 5.30. The number of likely N-dealkylation sites (tertiary alicyclic amines) is 1. The van der Waals surface area contributed by atoms with Crippen LogP contribution in [0.3, 0.4) is 0 Å².